The minimum atomic E-state index is -0.922. The Morgan fingerprint density at radius 1 is 1.09 bits per heavy atom. The van der Waals surface area contributed by atoms with Gasteiger partial charge in [0.05, 0.1) is 0 Å². The Hall–Kier alpha value is -2.24. The number of nitrogens with one attached hydrogen (secondary N) is 1. The zero-order valence-corrected chi connectivity index (χ0v) is 12.7. The van der Waals surface area contributed by atoms with Gasteiger partial charge >= 0.3 is 5.97 Å². The Bertz CT molecular complexity index is 552. The van der Waals surface area contributed by atoms with Crippen molar-refractivity contribution in [2.75, 3.05) is 0 Å². The van der Waals surface area contributed by atoms with E-state index in [9.17, 15) is 18.8 Å². The van der Waals surface area contributed by atoms with Gasteiger partial charge in [-0.1, -0.05) is 0 Å². The first-order valence-corrected chi connectivity index (χ1v) is 7.01. The second-order valence-corrected chi connectivity index (χ2v) is 5.76. The lowest BCUT2D eigenvalue weighted by Gasteiger charge is -2.25. The van der Waals surface area contributed by atoms with Gasteiger partial charge in [-0.05, 0) is 44.5 Å². The highest BCUT2D eigenvalue weighted by molar-refractivity contribution is 5.97. The van der Waals surface area contributed by atoms with Crippen LogP contribution in [-0.4, -0.2) is 28.3 Å². The van der Waals surface area contributed by atoms with E-state index < -0.39 is 17.3 Å². The monoisotopic (exact) mass is 309 g/mol. The maximum atomic E-state index is 12.8. The zero-order chi connectivity index (χ0) is 16.8. The van der Waals surface area contributed by atoms with Crippen LogP contribution < -0.4 is 5.32 Å². The average molecular weight is 309 g/mol. The van der Waals surface area contributed by atoms with E-state index >= 15 is 0 Å². The van der Waals surface area contributed by atoms with Gasteiger partial charge in [0.25, 0.3) is 0 Å². The van der Waals surface area contributed by atoms with Crippen LogP contribution in [0.2, 0.25) is 0 Å². The van der Waals surface area contributed by atoms with Gasteiger partial charge in [0, 0.05) is 30.4 Å². The summed E-state index contributed by atoms with van der Waals surface area (Å²) in [5.41, 5.74) is -0.284. The van der Waals surface area contributed by atoms with Crippen LogP contribution in [-0.2, 0) is 9.59 Å². The molecule has 120 valence electrons. The molecule has 22 heavy (non-hydrogen) atoms. The third kappa shape index (κ3) is 6.47. The van der Waals surface area contributed by atoms with E-state index in [1.54, 1.807) is 13.8 Å². The molecule has 5 nitrogen and oxygen atoms in total. The normalized spacial score (nSPS) is 11.0. The molecule has 0 atom stereocenters. The third-order valence-electron chi connectivity index (χ3n) is 3.19. The molecule has 1 aromatic rings. The molecule has 0 aliphatic carbocycles. The number of amides is 1. The highest BCUT2D eigenvalue weighted by Crippen LogP contribution is 2.12. The molecule has 1 aromatic carbocycles. The fourth-order valence-corrected chi connectivity index (χ4v) is 1.93. The predicted molar refractivity (Wildman–Crippen MR) is 79.1 cm³/mol. The number of ketones is 1. The molecule has 0 fully saturated rings. The topological polar surface area (TPSA) is 83.5 Å². The molecule has 0 bridgehead atoms. The van der Waals surface area contributed by atoms with Crippen molar-refractivity contribution in [2.45, 2.75) is 45.1 Å². The molecule has 0 aliphatic heterocycles. The summed E-state index contributed by atoms with van der Waals surface area (Å²) >= 11 is 0. The number of carboxylic acid groups (broad SMARTS) is 1. The van der Waals surface area contributed by atoms with Crippen molar-refractivity contribution in [3.63, 3.8) is 0 Å². The fourth-order valence-electron chi connectivity index (χ4n) is 1.93. The van der Waals surface area contributed by atoms with Crippen molar-refractivity contribution in [1.29, 1.82) is 0 Å². The lowest BCUT2D eigenvalue weighted by atomic mass is 9.97. The van der Waals surface area contributed by atoms with Gasteiger partial charge in [-0.2, -0.15) is 0 Å². The molecule has 0 heterocycles. The molecule has 0 aromatic heterocycles. The first-order valence-electron chi connectivity index (χ1n) is 7.01. The van der Waals surface area contributed by atoms with E-state index in [1.165, 1.54) is 24.3 Å². The van der Waals surface area contributed by atoms with Crippen molar-refractivity contribution in [3.8, 4) is 0 Å². The quantitative estimate of drug-likeness (QED) is 0.723. The number of halogens is 1. The van der Waals surface area contributed by atoms with Gasteiger partial charge in [0.1, 0.15) is 5.82 Å². The first kappa shape index (κ1) is 17.8. The lowest BCUT2D eigenvalue weighted by molar-refractivity contribution is -0.137. The van der Waals surface area contributed by atoms with Gasteiger partial charge in [-0.25, -0.2) is 4.39 Å². The van der Waals surface area contributed by atoms with Crippen LogP contribution in [0.1, 0.15) is 49.9 Å². The zero-order valence-electron chi connectivity index (χ0n) is 12.7. The summed E-state index contributed by atoms with van der Waals surface area (Å²) in [6, 6.07) is 5.16. The Kier molecular flexibility index (Phi) is 6.22. The summed E-state index contributed by atoms with van der Waals surface area (Å²) in [5.74, 6) is -1.90. The minimum absolute atomic E-state index is 0.00666. The van der Waals surface area contributed by atoms with Crippen molar-refractivity contribution < 1.29 is 23.9 Å². The van der Waals surface area contributed by atoms with Crippen LogP contribution in [0.3, 0.4) is 0 Å². The number of aliphatic carboxylic acids is 1. The number of hydrogen-bond acceptors (Lipinski definition) is 3. The molecule has 2 N–H and O–H groups in total. The molecule has 0 saturated heterocycles. The highest BCUT2D eigenvalue weighted by atomic mass is 19.1. The molecular formula is C16H20FNO4. The second-order valence-electron chi connectivity index (χ2n) is 5.76. The van der Waals surface area contributed by atoms with Crippen LogP contribution in [0.5, 0.6) is 0 Å². The molecule has 1 rings (SSSR count). The lowest BCUT2D eigenvalue weighted by Crippen LogP contribution is -2.43. The number of hydrogen-bond donors (Lipinski definition) is 2. The molecule has 0 saturated carbocycles. The molecule has 1 amide bonds. The fraction of sp³-hybridized carbons (Fsp3) is 0.438. The number of benzene rings is 1. The van der Waals surface area contributed by atoms with Crippen LogP contribution in [0.15, 0.2) is 24.3 Å². The maximum absolute atomic E-state index is 12.8. The number of carbonyl (C=O) groups excluding carboxylic acids is 2. The van der Waals surface area contributed by atoms with Crippen molar-refractivity contribution >= 4 is 17.7 Å². The highest BCUT2D eigenvalue weighted by Gasteiger charge is 2.21. The van der Waals surface area contributed by atoms with Gasteiger partial charge < -0.3 is 10.4 Å². The molecule has 0 aliphatic rings. The first-order chi connectivity index (χ1) is 10.2. The maximum Gasteiger partial charge on any atom is 0.303 e. The average Bonchev–Trinajstić information content (AvgIpc) is 2.43. The molecule has 0 unspecified atom stereocenters. The molecule has 6 heteroatoms. The van der Waals surface area contributed by atoms with Crippen molar-refractivity contribution in [2.24, 2.45) is 0 Å². The van der Waals surface area contributed by atoms with Crippen LogP contribution in [0.25, 0.3) is 0 Å². The van der Waals surface area contributed by atoms with Gasteiger partial charge in [0.15, 0.2) is 5.78 Å². The SMILES string of the molecule is CC(C)(CCC(=O)O)NC(=O)CCC(=O)c1ccc(F)cc1. The standard InChI is InChI=1S/C16H20FNO4/c1-16(2,10-9-15(21)22)18-14(20)8-7-13(19)11-3-5-12(17)6-4-11/h3-6H,7-10H2,1-2H3,(H,18,20)(H,21,22). The predicted octanol–water partition coefficient (Wildman–Crippen LogP) is 2.55. The summed E-state index contributed by atoms with van der Waals surface area (Å²) in [5, 5.41) is 11.4. The largest absolute Gasteiger partial charge is 0.481 e. The number of carboxylic acids is 1. The van der Waals surface area contributed by atoms with E-state index in [0.29, 0.717) is 12.0 Å². The van der Waals surface area contributed by atoms with E-state index in [0.717, 1.165) is 0 Å². The summed E-state index contributed by atoms with van der Waals surface area (Å²) in [7, 11) is 0. The van der Waals surface area contributed by atoms with Crippen LogP contribution >= 0.6 is 0 Å². The van der Waals surface area contributed by atoms with E-state index in [1.807, 2.05) is 0 Å². The van der Waals surface area contributed by atoms with Gasteiger partial charge in [-0.3, -0.25) is 14.4 Å². The van der Waals surface area contributed by atoms with Gasteiger partial charge in [0.2, 0.25) is 5.91 Å². The van der Waals surface area contributed by atoms with E-state index in [4.69, 9.17) is 5.11 Å². The van der Waals surface area contributed by atoms with Crippen molar-refractivity contribution in [3.05, 3.63) is 35.6 Å². The van der Waals surface area contributed by atoms with E-state index in [-0.39, 0.29) is 31.0 Å². The van der Waals surface area contributed by atoms with Gasteiger partial charge in [-0.15, -0.1) is 0 Å². The Labute approximate surface area is 128 Å². The minimum Gasteiger partial charge on any atom is -0.481 e. The van der Waals surface area contributed by atoms with E-state index in [2.05, 4.69) is 5.32 Å². The Balaban J connectivity index is 2.43. The summed E-state index contributed by atoms with van der Waals surface area (Å²) in [6.45, 7) is 3.46. The van der Waals surface area contributed by atoms with Crippen molar-refractivity contribution in [1.82, 2.24) is 5.32 Å². The third-order valence-corrected chi connectivity index (χ3v) is 3.19. The second kappa shape index (κ2) is 7.68. The molecule has 0 spiro atoms. The van der Waals surface area contributed by atoms with Crippen LogP contribution in [0.4, 0.5) is 4.39 Å². The van der Waals surface area contributed by atoms with Crippen LogP contribution in [0, 0.1) is 5.82 Å². The number of Topliss-reactive ketones (excluding diaryl/α,β-unsaturated/α-hetero) is 1. The Morgan fingerprint density at radius 3 is 2.23 bits per heavy atom. The molecular weight excluding hydrogens is 289 g/mol. The smallest absolute Gasteiger partial charge is 0.303 e. The molecule has 0 radical (unpaired) electrons. The summed E-state index contributed by atoms with van der Waals surface area (Å²) in [4.78, 5) is 34.2. The number of carbonyl (C=O) groups is 3. The Morgan fingerprint density at radius 2 is 1.68 bits per heavy atom. The summed E-state index contributed by atoms with van der Waals surface area (Å²) < 4.78 is 12.8. The number of rotatable bonds is 8. The summed E-state index contributed by atoms with van der Waals surface area (Å²) in [6.07, 6.45) is 0.293.